The fourth-order valence-electron chi connectivity index (χ4n) is 3.71. The van der Waals surface area contributed by atoms with Gasteiger partial charge in [0.05, 0.1) is 23.5 Å². The predicted octanol–water partition coefficient (Wildman–Crippen LogP) is 3.13. The number of benzene rings is 1. The van der Waals surface area contributed by atoms with Crippen molar-refractivity contribution in [2.24, 2.45) is 0 Å². The summed E-state index contributed by atoms with van der Waals surface area (Å²) in [6.45, 7) is 1.87. The van der Waals surface area contributed by atoms with Crippen LogP contribution < -0.4 is 4.90 Å². The van der Waals surface area contributed by atoms with Gasteiger partial charge in [0, 0.05) is 19.0 Å². The highest BCUT2D eigenvalue weighted by Crippen LogP contribution is 2.31. The van der Waals surface area contributed by atoms with Crippen molar-refractivity contribution in [3.05, 3.63) is 54.9 Å². The Bertz CT molecular complexity index is 1020. The second-order valence-corrected chi connectivity index (χ2v) is 6.66. The number of H-pyrrole nitrogens is 2. The maximum atomic E-state index is 4.66. The minimum Gasteiger partial charge on any atom is -0.355 e. The molecule has 4 heterocycles. The fraction of sp³-hybridized carbons (Fsp3) is 0.263. The van der Waals surface area contributed by atoms with Crippen molar-refractivity contribution in [1.82, 2.24) is 30.1 Å². The van der Waals surface area contributed by atoms with Crippen LogP contribution in [0.2, 0.25) is 0 Å². The number of aromatic nitrogens is 6. The quantitative estimate of drug-likeness (QED) is 0.596. The van der Waals surface area contributed by atoms with E-state index in [2.05, 4.69) is 47.2 Å². The van der Waals surface area contributed by atoms with E-state index in [0.717, 1.165) is 59.9 Å². The van der Waals surface area contributed by atoms with Crippen molar-refractivity contribution in [2.75, 3.05) is 18.0 Å². The molecule has 1 aliphatic heterocycles. The van der Waals surface area contributed by atoms with E-state index >= 15 is 0 Å². The van der Waals surface area contributed by atoms with Gasteiger partial charge in [-0.2, -0.15) is 5.10 Å². The smallest absolute Gasteiger partial charge is 0.160 e. The summed E-state index contributed by atoms with van der Waals surface area (Å²) in [6.07, 6.45) is 7.56. The molecule has 0 unspecified atom stereocenters. The Kier molecular flexibility index (Phi) is 3.62. The van der Waals surface area contributed by atoms with Gasteiger partial charge in [0.2, 0.25) is 0 Å². The van der Waals surface area contributed by atoms with E-state index in [9.17, 15) is 0 Å². The van der Waals surface area contributed by atoms with Crippen LogP contribution in [0.3, 0.4) is 0 Å². The lowest BCUT2D eigenvalue weighted by Gasteiger charge is -2.32. The molecule has 0 amide bonds. The molecule has 0 bridgehead atoms. The van der Waals surface area contributed by atoms with E-state index in [0.29, 0.717) is 5.92 Å². The monoisotopic (exact) mass is 345 g/mol. The molecule has 0 spiro atoms. The van der Waals surface area contributed by atoms with Gasteiger partial charge in [0.1, 0.15) is 18.0 Å². The molecule has 0 radical (unpaired) electrons. The first-order chi connectivity index (χ1) is 12.9. The van der Waals surface area contributed by atoms with Gasteiger partial charge in [-0.1, -0.05) is 30.3 Å². The number of piperidine rings is 1. The maximum absolute atomic E-state index is 4.66. The van der Waals surface area contributed by atoms with Crippen molar-refractivity contribution in [3.63, 3.8) is 0 Å². The summed E-state index contributed by atoms with van der Waals surface area (Å²) in [7, 11) is 0. The van der Waals surface area contributed by atoms with Crippen LogP contribution in [0, 0.1) is 0 Å². The lowest BCUT2D eigenvalue weighted by Crippen LogP contribution is -2.35. The zero-order chi connectivity index (χ0) is 17.3. The van der Waals surface area contributed by atoms with Crippen LogP contribution in [0.25, 0.3) is 22.3 Å². The highest BCUT2D eigenvalue weighted by molar-refractivity contribution is 5.86. The molecule has 0 aliphatic carbocycles. The Morgan fingerprint density at radius 1 is 1.04 bits per heavy atom. The Morgan fingerprint density at radius 3 is 2.88 bits per heavy atom. The molecule has 7 heteroatoms. The average molecular weight is 345 g/mol. The van der Waals surface area contributed by atoms with Crippen molar-refractivity contribution in [3.8, 4) is 11.3 Å². The summed E-state index contributed by atoms with van der Waals surface area (Å²) in [6, 6.07) is 10.3. The van der Waals surface area contributed by atoms with Crippen LogP contribution >= 0.6 is 0 Å². The van der Waals surface area contributed by atoms with E-state index in [1.807, 2.05) is 24.4 Å². The van der Waals surface area contributed by atoms with E-state index in [1.54, 1.807) is 12.5 Å². The molecule has 0 saturated carbocycles. The number of hydrogen-bond acceptors (Lipinski definition) is 5. The normalized spacial score (nSPS) is 17.7. The van der Waals surface area contributed by atoms with E-state index < -0.39 is 0 Å². The van der Waals surface area contributed by atoms with Crippen LogP contribution in [0.4, 0.5) is 5.82 Å². The van der Waals surface area contributed by atoms with Crippen LogP contribution in [-0.4, -0.2) is 43.2 Å². The number of hydrogen-bond donors (Lipinski definition) is 2. The topological polar surface area (TPSA) is 86.4 Å². The first kappa shape index (κ1) is 15.1. The number of aromatic amines is 2. The molecule has 3 aromatic heterocycles. The van der Waals surface area contributed by atoms with Crippen molar-refractivity contribution < 1.29 is 0 Å². The van der Waals surface area contributed by atoms with Gasteiger partial charge in [0.25, 0.3) is 0 Å². The fourth-order valence-corrected chi connectivity index (χ4v) is 3.71. The molecule has 1 atom stereocenters. The third-order valence-electron chi connectivity index (χ3n) is 5.01. The summed E-state index contributed by atoms with van der Waals surface area (Å²) >= 11 is 0. The number of fused-ring (bicyclic) bond motifs is 1. The summed E-state index contributed by atoms with van der Waals surface area (Å²) in [5.74, 6) is 2.35. The molecule has 1 fully saturated rings. The Hall–Kier alpha value is -3.22. The van der Waals surface area contributed by atoms with Gasteiger partial charge in [-0.3, -0.25) is 5.10 Å². The summed E-state index contributed by atoms with van der Waals surface area (Å²) in [5, 5.41) is 7.99. The van der Waals surface area contributed by atoms with E-state index in [1.165, 1.54) is 0 Å². The molecule has 1 saturated heterocycles. The van der Waals surface area contributed by atoms with Crippen LogP contribution in [0.15, 0.2) is 49.1 Å². The van der Waals surface area contributed by atoms with E-state index in [4.69, 9.17) is 0 Å². The summed E-state index contributed by atoms with van der Waals surface area (Å²) in [4.78, 5) is 19.2. The van der Waals surface area contributed by atoms with Crippen LogP contribution in [0.5, 0.6) is 0 Å². The second-order valence-electron chi connectivity index (χ2n) is 6.66. The van der Waals surface area contributed by atoms with Crippen LogP contribution in [-0.2, 0) is 0 Å². The minimum absolute atomic E-state index is 0.359. The standard InChI is InChI=1S/C19H19N7/c1-2-5-13(6-3-1)16-10-20-17(24-16)14-7-4-8-26(11-14)19-15-9-23-25-18(15)21-12-22-19/h1-3,5-6,9-10,12,14H,4,7-8,11H2,(H,20,24)(H,21,22,23,25)/t14-/m0/s1. The van der Waals surface area contributed by atoms with Gasteiger partial charge in [0.15, 0.2) is 5.65 Å². The van der Waals surface area contributed by atoms with Gasteiger partial charge in [-0.05, 0) is 18.4 Å². The van der Waals surface area contributed by atoms with E-state index in [-0.39, 0.29) is 0 Å². The third kappa shape index (κ3) is 2.61. The molecule has 1 aliphatic rings. The molecule has 26 heavy (non-hydrogen) atoms. The van der Waals surface area contributed by atoms with Gasteiger partial charge in [-0.25, -0.2) is 15.0 Å². The predicted molar refractivity (Wildman–Crippen MR) is 99.9 cm³/mol. The molecule has 7 nitrogen and oxygen atoms in total. The summed E-state index contributed by atoms with van der Waals surface area (Å²) in [5.41, 5.74) is 3.01. The second kappa shape index (κ2) is 6.25. The third-order valence-corrected chi connectivity index (χ3v) is 5.01. The van der Waals surface area contributed by atoms with Crippen molar-refractivity contribution in [1.29, 1.82) is 0 Å². The Balaban J connectivity index is 1.41. The number of nitrogens with one attached hydrogen (secondary N) is 2. The maximum Gasteiger partial charge on any atom is 0.160 e. The SMILES string of the molecule is c1ccc(-c2cnc([C@H]3CCCN(c4ncnc5[nH]ncc45)C3)[nH]2)cc1. The number of rotatable bonds is 3. The Morgan fingerprint density at radius 2 is 1.96 bits per heavy atom. The summed E-state index contributed by atoms with van der Waals surface area (Å²) < 4.78 is 0. The molecule has 130 valence electrons. The largest absolute Gasteiger partial charge is 0.355 e. The lowest BCUT2D eigenvalue weighted by atomic mass is 9.97. The molecule has 2 N–H and O–H groups in total. The molecule has 4 aromatic rings. The zero-order valence-corrected chi connectivity index (χ0v) is 14.3. The number of anilines is 1. The van der Waals surface area contributed by atoms with Crippen molar-refractivity contribution >= 4 is 16.9 Å². The molecular formula is C19H19N7. The molecule has 1 aromatic carbocycles. The first-order valence-electron chi connectivity index (χ1n) is 8.88. The first-order valence-corrected chi connectivity index (χ1v) is 8.88. The minimum atomic E-state index is 0.359. The van der Waals surface area contributed by atoms with Gasteiger partial charge in [-0.15, -0.1) is 0 Å². The highest BCUT2D eigenvalue weighted by atomic mass is 15.2. The van der Waals surface area contributed by atoms with Gasteiger partial charge >= 0.3 is 0 Å². The number of imidazole rings is 1. The van der Waals surface area contributed by atoms with Gasteiger partial charge < -0.3 is 9.88 Å². The highest BCUT2D eigenvalue weighted by Gasteiger charge is 2.26. The van der Waals surface area contributed by atoms with Crippen LogP contribution in [0.1, 0.15) is 24.6 Å². The number of nitrogens with zero attached hydrogens (tertiary/aromatic N) is 5. The lowest BCUT2D eigenvalue weighted by molar-refractivity contribution is 0.492. The molecular weight excluding hydrogens is 326 g/mol. The Labute approximate surface area is 150 Å². The molecule has 5 rings (SSSR count). The zero-order valence-electron chi connectivity index (χ0n) is 14.3. The van der Waals surface area contributed by atoms with Crippen molar-refractivity contribution in [2.45, 2.75) is 18.8 Å². The average Bonchev–Trinajstić information content (AvgIpc) is 3.38.